The van der Waals surface area contributed by atoms with Gasteiger partial charge in [0, 0.05) is 11.3 Å². The van der Waals surface area contributed by atoms with Gasteiger partial charge in [-0.15, -0.1) is 4.36 Å². The Kier molecular flexibility index (Phi) is 5.39. The molecule has 2 aliphatic carbocycles. The van der Waals surface area contributed by atoms with Crippen LogP contribution >= 0.6 is 0 Å². The number of carbonyl (C=O) groups is 1. The van der Waals surface area contributed by atoms with Crippen LogP contribution in [0, 0.1) is 11.6 Å². The Bertz CT molecular complexity index is 1180. The third kappa shape index (κ3) is 3.97. The first-order valence-corrected chi connectivity index (χ1v) is 11.8. The molecule has 0 aromatic heterocycles. The van der Waals surface area contributed by atoms with Crippen molar-refractivity contribution in [2.75, 3.05) is 5.32 Å². The summed E-state index contributed by atoms with van der Waals surface area (Å²) in [6, 6.07) is 2.46. The summed E-state index contributed by atoms with van der Waals surface area (Å²) in [5.74, 6) is -0.851. The quantitative estimate of drug-likeness (QED) is 0.657. The predicted octanol–water partition coefficient (Wildman–Crippen LogP) is 4.10. The molecule has 1 atom stereocenters. The van der Waals surface area contributed by atoms with Crippen molar-refractivity contribution in [1.29, 1.82) is 0 Å². The van der Waals surface area contributed by atoms with Crippen LogP contribution in [0.1, 0.15) is 54.5 Å². The SMILES string of the molecule is CC(C)(O)c1cc([S@@](N)(=O)=NC(=O)Nc2c3c(c(F)c4c2CCC4)CCC3)ccc1F. The molecule has 166 valence electrons. The highest BCUT2D eigenvalue weighted by Gasteiger charge is 2.30. The van der Waals surface area contributed by atoms with Crippen molar-refractivity contribution in [2.45, 2.75) is 62.9 Å². The van der Waals surface area contributed by atoms with Crippen molar-refractivity contribution in [1.82, 2.24) is 0 Å². The number of hydrogen-bond donors (Lipinski definition) is 3. The summed E-state index contributed by atoms with van der Waals surface area (Å²) >= 11 is 0. The summed E-state index contributed by atoms with van der Waals surface area (Å²) in [5, 5.41) is 18.7. The molecule has 0 bridgehead atoms. The molecule has 0 radical (unpaired) electrons. The largest absolute Gasteiger partial charge is 0.386 e. The lowest BCUT2D eigenvalue weighted by Gasteiger charge is -2.19. The van der Waals surface area contributed by atoms with E-state index in [0.29, 0.717) is 42.5 Å². The predicted molar refractivity (Wildman–Crippen MR) is 114 cm³/mol. The van der Waals surface area contributed by atoms with E-state index in [9.17, 15) is 22.9 Å². The fourth-order valence-corrected chi connectivity index (χ4v) is 5.45. The van der Waals surface area contributed by atoms with Crippen molar-refractivity contribution in [2.24, 2.45) is 9.50 Å². The monoisotopic (exact) mass is 449 g/mol. The number of amides is 2. The fraction of sp³-hybridized carbons (Fsp3) is 0.409. The van der Waals surface area contributed by atoms with Crippen LogP contribution < -0.4 is 10.5 Å². The van der Waals surface area contributed by atoms with Crippen molar-refractivity contribution >= 4 is 21.6 Å². The third-order valence-corrected chi connectivity index (χ3v) is 7.32. The van der Waals surface area contributed by atoms with Crippen molar-refractivity contribution in [3.8, 4) is 0 Å². The number of rotatable bonds is 3. The van der Waals surface area contributed by atoms with Gasteiger partial charge in [0.25, 0.3) is 0 Å². The van der Waals surface area contributed by atoms with Crippen LogP contribution in [0.15, 0.2) is 27.5 Å². The van der Waals surface area contributed by atoms with Crippen molar-refractivity contribution in [3.63, 3.8) is 0 Å². The lowest BCUT2D eigenvalue weighted by molar-refractivity contribution is 0.0743. The van der Waals surface area contributed by atoms with Gasteiger partial charge in [0.2, 0.25) is 0 Å². The van der Waals surface area contributed by atoms with Gasteiger partial charge in [-0.05, 0) is 92.8 Å². The zero-order valence-corrected chi connectivity index (χ0v) is 18.2. The van der Waals surface area contributed by atoms with Crippen LogP contribution in [0.4, 0.5) is 19.3 Å². The van der Waals surface area contributed by atoms with Gasteiger partial charge in [0.15, 0.2) is 0 Å². The number of carbonyl (C=O) groups excluding carboxylic acids is 1. The average Bonchev–Trinajstić information content (AvgIpc) is 3.34. The molecule has 4 N–H and O–H groups in total. The van der Waals surface area contributed by atoms with E-state index in [2.05, 4.69) is 9.68 Å². The minimum atomic E-state index is -3.70. The number of benzene rings is 2. The number of urea groups is 1. The third-order valence-electron chi connectivity index (χ3n) is 5.95. The van der Waals surface area contributed by atoms with Gasteiger partial charge < -0.3 is 10.4 Å². The Morgan fingerprint density at radius 3 is 2.19 bits per heavy atom. The summed E-state index contributed by atoms with van der Waals surface area (Å²) < 4.78 is 45.5. The molecule has 6 nitrogen and oxygen atoms in total. The van der Waals surface area contributed by atoms with Crippen LogP contribution in [-0.2, 0) is 41.2 Å². The topological polar surface area (TPSA) is 105 Å². The van der Waals surface area contributed by atoms with Gasteiger partial charge in [0.1, 0.15) is 21.5 Å². The lowest BCUT2D eigenvalue weighted by atomic mass is 9.98. The van der Waals surface area contributed by atoms with E-state index in [4.69, 9.17) is 5.14 Å². The minimum absolute atomic E-state index is 0.0734. The maximum Gasteiger partial charge on any atom is 0.354 e. The molecule has 2 amide bonds. The van der Waals surface area contributed by atoms with Gasteiger partial charge in [0.05, 0.1) is 10.5 Å². The standard InChI is InChI=1S/C22H25F2N3O3S/c1-22(2,29)17-11-12(9-10-18(17)23)31(25,30)27-21(28)26-20-15-7-3-5-13(15)19(24)14-6-4-8-16(14)20/h9-11,29H,3-8H2,1-2H3,(H3,25,26,27,28,30)/t31-/m0/s1. The van der Waals surface area contributed by atoms with E-state index in [-0.39, 0.29) is 16.3 Å². The molecular weight excluding hydrogens is 424 g/mol. The second kappa shape index (κ2) is 7.65. The summed E-state index contributed by atoms with van der Waals surface area (Å²) in [5.41, 5.74) is 1.74. The average molecular weight is 450 g/mol. The fourth-order valence-electron chi connectivity index (χ4n) is 4.50. The first kappa shape index (κ1) is 21.9. The Hall–Kier alpha value is -2.36. The zero-order valence-electron chi connectivity index (χ0n) is 17.4. The maximum atomic E-state index is 14.8. The number of aliphatic hydroxyl groups is 1. The second-order valence-electron chi connectivity index (χ2n) is 8.60. The molecule has 2 aliphatic rings. The Morgan fingerprint density at radius 2 is 1.65 bits per heavy atom. The first-order valence-electron chi connectivity index (χ1n) is 10.2. The summed E-state index contributed by atoms with van der Waals surface area (Å²) in [4.78, 5) is 12.6. The van der Waals surface area contributed by atoms with Gasteiger partial charge in [-0.3, -0.25) is 0 Å². The summed E-state index contributed by atoms with van der Waals surface area (Å²) in [6.07, 6.45) is 4.16. The summed E-state index contributed by atoms with van der Waals surface area (Å²) in [6.45, 7) is 2.76. The second-order valence-corrected chi connectivity index (χ2v) is 10.4. The van der Waals surface area contributed by atoms with Crippen LogP contribution in [0.5, 0.6) is 0 Å². The van der Waals surface area contributed by atoms with E-state index < -0.39 is 27.4 Å². The molecule has 2 aromatic rings. The maximum absolute atomic E-state index is 14.8. The van der Waals surface area contributed by atoms with E-state index in [1.165, 1.54) is 19.9 Å². The number of nitrogens with one attached hydrogen (secondary N) is 1. The number of hydrogen-bond acceptors (Lipinski definition) is 3. The lowest BCUT2D eigenvalue weighted by Crippen LogP contribution is -2.22. The Morgan fingerprint density at radius 1 is 1.10 bits per heavy atom. The number of nitrogens with two attached hydrogens (primary N) is 1. The van der Waals surface area contributed by atoms with Gasteiger partial charge >= 0.3 is 6.03 Å². The van der Waals surface area contributed by atoms with Crippen LogP contribution in [-0.4, -0.2) is 15.3 Å². The summed E-state index contributed by atoms with van der Waals surface area (Å²) in [7, 11) is -3.70. The molecule has 9 heteroatoms. The Balaban J connectivity index is 1.71. The molecule has 31 heavy (non-hydrogen) atoms. The van der Waals surface area contributed by atoms with E-state index in [1.54, 1.807) is 0 Å². The highest BCUT2D eigenvalue weighted by molar-refractivity contribution is 7.91. The molecule has 2 aromatic carbocycles. The first-order chi connectivity index (χ1) is 14.5. The number of fused-ring (bicyclic) bond motifs is 2. The normalized spacial score (nSPS) is 17.1. The van der Waals surface area contributed by atoms with E-state index in [1.807, 2.05) is 0 Å². The van der Waals surface area contributed by atoms with E-state index >= 15 is 0 Å². The molecule has 0 heterocycles. The number of anilines is 1. The number of halogens is 2. The molecule has 4 rings (SSSR count). The Labute approximate surface area is 180 Å². The van der Waals surface area contributed by atoms with Crippen LogP contribution in [0.2, 0.25) is 0 Å². The molecule has 0 unspecified atom stereocenters. The van der Waals surface area contributed by atoms with Crippen molar-refractivity contribution < 1.29 is 22.9 Å². The van der Waals surface area contributed by atoms with Crippen LogP contribution in [0.3, 0.4) is 0 Å². The molecule has 0 fully saturated rings. The number of nitrogens with zero attached hydrogens (tertiary/aromatic N) is 1. The van der Waals surface area contributed by atoms with Gasteiger partial charge in [-0.1, -0.05) is 0 Å². The molecule has 0 aliphatic heterocycles. The minimum Gasteiger partial charge on any atom is -0.386 e. The van der Waals surface area contributed by atoms with E-state index in [0.717, 1.165) is 36.1 Å². The van der Waals surface area contributed by atoms with Gasteiger partial charge in [-0.25, -0.2) is 22.9 Å². The van der Waals surface area contributed by atoms with Crippen LogP contribution in [0.25, 0.3) is 0 Å². The molecule has 0 spiro atoms. The van der Waals surface area contributed by atoms with Crippen molar-refractivity contribution in [3.05, 3.63) is 57.7 Å². The highest BCUT2D eigenvalue weighted by Crippen LogP contribution is 2.41. The smallest absolute Gasteiger partial charge is 0.354 e. The zero-order chi connectivity index (χ0) is 22.6. The molecule has 0 saturated heterocycles. The molecular formula is C22H25F2N3O3S. The molecule has 0 saturated carbocycles. The highest BCUT2D eigenvalue weighted by atomic mass is 32.2. The van der Waals surface area contributed by atoms with Gasteiger partial charge in [-0.2, -0.15) is 0 Å².